The van der Waals surface area contributed by atoms with Gasteiger partial charge in [-0.2, -0.15) is 0 Å². The Labute approximate surface area is 292 Å². The molecule has 0 unspecified atom stereocenters. The normalized spacial score (nSPS) is 25.7. The summed E-state index contributed by atoms with van der Waals surface area (Å²) in [5.41, 5.74) is 1.45. The summed E-state index contributed by atoms with van der Waals surface area (Å²) in [6.45, 7) is 10.9. The molecule has 49 heavy (non-hydrogen) atoms. The zero-order valence-electron chi connectivity index (χ0n) is 29.9. The molecule has 0 radical (unpaired) electrons. The molecule has 3 aliphatic heterocycles. The summed E-state index contributed by atoms with van der Waals surface area (Å²) in [6.07, 6.45) is 1.91. The maximum atomic E-state index is 14.1. The van der Waals surface area contributed by atoms with Gasteiger partial charge >= 0.3 is 0 Å². The quantitative estimate of drug-likeness (QED) is 0.130. The zero-order chi connectivity index (χ0) is 34.7. The van der Waals surface area contributed by atoms with Crippen molar-refractivity contribution in [3.05, 3.63) is 71.8 Å². The number of ether oxygens (including phenoxy) is 9. The van der Waals surface area contributed by atoms with Crippen LogP contribution in [-0.4, -0.2) is 88.2 Å². The highest BCUT2D eigenvalue weighted by Crippen LogP contribution is 2.42. The van der Waals surface area contributed by atoms with E-state index < -0.39 is 17.0 Å². The van der Waals surface area contributed by atoms with Crippen LogP contribution in [-0.2, 0) is 60.6 Å². The average molecular weight is 685 g/mol. The van der Waals surface area contributed by atoms with Crippen molar-refractivity contribution in [3.8, 4) is 0 Å². The molecule has 0 aromatic heterocycles. The fourth-order valence-corrected chi connectivity index (χ4v) is 7.03. The summed E-state index contributed by atoms with van der Waals surface area (Å²) in [5.74, 6) is -1.56. The third kappa shape index (κ3) is 11.4. The van der Waals surface area contributed by atoms with E-state index in [1.165, 1.54) is 0 Å². The largest absolute Gasteiger partial charge is 0.377 e. The minimum atomic E-state index is -0.875. The van der Waals surface area contributed by atoms with E-state index in [0.29, 0.717) is 71.7 Å². The third-order valence-corrected chi connectivity index (χ3v) is 9.62. The first-order valence-electron chi connectivity index (χ1n) is 17.7. The topological polar surface area (TPSA) is 100 Å². The number of rotatable bonds is 18. The van der Waals surface area contributed by atoms with Crippen LogP contribution in [0.3, 0.4) is 0 Å². The van der Waals surface area contributed by atoms with Crippen LogP contribution in [0.5, 0.6) is 0 Å². The van der Waals surface area contributed by atoms with Crippen LogP contribution < -0.4 is 0 Å². The first kappa shape index (κ1) is 38.0. The van der Waals surface area contributed by atoms with Crippen molar-refractivity contribution in [3.63, 3.8) is 0 Å². The third-order valence-electron chi connectivity index (χ3n) is 9.62. The van der Waals surface area contributed by atoms with Crippen LogP contribution in [0, 0.1) is 5.41 Å². The Balaban J connectivity index is 1.21. The van der Waals surface area contributed by atoms with Gasteiger partial charge in [0, 0.05) is 51.2 Å². The molecule has 3 aliphatic rings. The molecule has 3 fully saturated rings. The molecule has 10 heteroatoms. The van der Waals surface area contributed by atoms with Crippen LogP contribution in [0.15, 0.2) is 60.7 Å². The van der Waals surface area contributed by atoms with E-state index in [9.17, 15) is 4.79 Å². The molecular formula is C39H56O10. The fourth-order valence-electron chi connectivity index (χ4n) is 7.03. The summed E-state index contributed by atoms with van der Waals surface area (Å²) >= 11 is 0. The highest BCUT2D eigenvalue weighted by Gasteiger charge is 2.50. The summed E-state index contributed by atoms with van der Waals surface area (Å²) in [4.78, 5) is 14.1. The Hall–Kier alpha value is -2.25. The Bertz CT molecular complexity index is 1260. The van der Waals surface area contributed by atoms with Gasteiger partial charge in [-0.1, -0.05) is 74.5 Å². The predicted molar refractivity (Wildman–Crippen MR) is 183 cm³/mol. The van der Waals surface area contributed by atoms with Gasteiger partial charge in [-0.05, 0) is 31.4 Å². The predicted octanol–water partition coefficient (Wildman–Crippen LogP) is 6.38. The van der Waals surface area contributed by atoms with Crippen LogP contribution in [0.1, 0.15) is 77.3 Å². The van der Waals surface area contributed by atoms with Crippen molar-refractivity contribution < 1.29 is 47.4 Å². The molecule has 0 amide bonds. The molecule has 2 aromatic rings. The molecule has 0 N–H and O–H groups in total. The smallest absolute Gasteiger partial charge is 0.173 e. The highest BCUT2D eigenvalue weighted by molar-refractivity contribution is 5.85. The second-order valence-electron chi connectivity index (χ2n) is 14.5. The van der Waals surface area contributed by atoms with E-state index in [0.717, 1.165) is 11.1 Å². The van der Waals surface area contributed by atoms with Crippen molar-refractivity contribution in [1.82, 2.24) is 0 Å². The maximum absolute atomic E-state index is 14.1. The second-order valence-corrected chi connectivity index (χ2v) is 14.5. The number of hydrogen-bond donors (Lipinski definition) is 0. The van der Waals surface area contributed by atoms with E-state index in [2.05, 4.69) is 24.3 Å². The second kappa shape index (κ2) is 17.8. The lowest BCUT2D eigenvalue weighted by Gasteiger charge is -2.47. The molecule has 1 spiro atoms. The minimum absolute atomic E-state index is 0.0664. The van der Waals surface area contributed by atoms with Crippen molar-refractivity contribution in [2.45, 2.75) is 122 Å². The minimum Gasteiger partial charge on any atom is -0.377 e. The van der Waals surface area contributed by atoms with Crippen molar-refractivity contribution in [1.29, 1.82) is 0 Å². The number of carbonyl (C=O) groups is 1. The first-order chi connectivity index (χ1) is 23.6. The molecule has 0 aliphatic carbocycles. The van der Waals surface area contributed by atoms with E-state index in [-0.39, 0.29) is 49.5 Å². The standard InChI is InChI=1S/C39H56O10/c1-37(2,35(40)21-33-23-39(45-18-19-46-39)24-34(47-33)27-43-28-41-5)36-22-32(48-38(3,4)49-36)20-31(44-26-30-14-10-7-11-15-30)16-17-42-25-29-12-8-6-9-13-29/h6-15,31-34,36H,16-28H2,1-5H3/t31-,32+,33+,34+,36-/m0/s1. The number of carbonyl (C=O) groups excluding carboxylic acids is 1. The highest BCUT2D eigenvalue weighted by atomic mass is 16.7. The monoisotopic (exact) mass is 684 g/mol. The molecule has 3 saturated heterocycles. The first-order valence-corrected chi connectivity index (χ1v) is 17.7. The van der Waals surface area contributed by atoms with Crippen molar-refractivity contribution in [2.75, 3.05) is 40.3 Å². The van der Waals surface area contributed by atoms with Crippen LogP contribution in [0.25, 0.3) is 0 Å². The number of benzene rings is 2. The van der Waals surface area contributed by atoms with Gasteiger partial charge in [0.15, 0.2) is 11.6 Å². The SMILES string of the molecule is COCOC[C@H]1CC2(C[C@@H](CC(=O)C(C)(C)[C@@H]3C[C@@H](C[C@H](CCOCc4ccccc4)OCc4ccccc4)OC(C)(C)O3)O1)OCCO2. The molecule has 2 aromatic carbocycles. The fraction of sp³-hybridized carbons (Fsp3) is 0.667. The molecule has 5 atom stereocenters. The Morgan fingerprint density at radius 3 is 2.20 bits per heavy atom. The van der Waals surface area contributed by atoms with Gasteiger partial charge in [0.1, 0.15) is 12.6 Å². The summed E-state index contributed by atoms with van der Waals surface area (Å²) in [6, 6.07) is 20.3. The van der Waals surface area contributed by atoms with Gasteiger partial charge in [-0.3, -0.25) is 4.79 Å². The number of hydrogen-bond acceptors (Lipinski definition) is 10. The lowest BCUT2D eigenvalue weighted by Crippen LogP contribution is -2.54. The van der Waals surface area contributed by atoms with Gasteiger partial charge < -0.3 is 42.6 Å². The van der Waals surface area contributed by atoms with Gasteiger partial charge in [0.2, 0.25) is 0 Å². The molecular weight excluding hydrogens is 628 g/mol. The summed E-state index contributed by atoms with van der Waals surface area (Å²) < 4.78 is 54.6. The van der Waals surface area contributed by atoms with E-state index in [4.69, 9.17) is 42.6 Å². The average Bonchev–Trinajstić information content (AvgIpc) is 3.52. The van der Waals surface area contributed by atoms with E-state index >= 15 is 0 Å². The molecule has 272 valence electrons. The Kier molecular flexibility index (Phi) is 13.8. The zero-order valence-corrected chi connectivity index (χ0v) is 29.9. The van der Waals surface area contributed by atoms with Crippen LogP contribution in [0.2, 0.25) is 0 Å². The van der Waals surface area contributed by atoms with E-state index in [1.54, 1.807) is 7.11 Å². The Morgan fingerprint density at radius 1 is 0.878 bits per heavy atom. The molecule has 10 nitrogen and oxygen atoms in total. The van der Waals surface area contributed by atoms with Crippen LogP contribution in [0.4, 0.5) is 0 Å². The van der Waals surface area contributed by atoms with Crippen molar-refractivity contribution >= 4 is 5.78 Å². The molecule has 0 saturated carbocycles. The molecule has 5 rings (SSSR count). The van der Waals surface area contributed by atoms with Gasteiger partial charge in [0.25, 0.3) is 0 Å². The van der Waals surface area contributed by atoms with Gasteiger partial charge in [-0.15, -0.1) is 0 Å². The molecule has 3 heterocycles. The summed E-state index contributed by atoms with van der Waals surface area (Å²) in [5, 5.41) is 0. The lowest BCUT2D eigenvalue weighted by molar-refractivity contribution is -0.316. The summed E-state index contributed by atoms with van der Waals surface area (Å²) in [7, 11) is 1.58. The molecule has 0 bridgehead atoms. The number of ketones is 1. The maximum Gasteiger partial charge on any atom is 0.173 e. The Morgan fingerprint density at radius 2 is 1.53 bits per heavy atom. The van der Waals surface area contributed by atoms with E-state index in [1.807, 2.05) is 64.1 Å². The van der Waals surface area contributed by atoms with Gasteiger partial charge in [0.05, 0.1) is 63.6 Å². The number of methoxy groups -OCH3 is 1. The van der Waals surface area contributed by atoms with Gasteiger partial charge in [-0.25, -0.2) is 0 Å². The van der Waals surface area contributed by atoms with Crippen molar-refractivity contribution in [2.24, 2.45) is 5.41 Å². The van der Waals surface area contributed by atoms with Crippen LogP contribution >= 0.6 is 0 Å². The number of Topliss-reactive ketones (excluding diaryl/α,β-unsaturated/α-hetero) is 1. The lowest BCUT2D eigenvalue weighted by atomic mass is 9.76.